The highest BCUT2D eigenvalue weighted by Gasteiger charge is 2.41. The highest BCUT2D eigenvalue weighted by molar-refractivity contribution is 7.91. The van der Waals surface area contributed by atoms with E-state index in [-0.39, 0.29) is 17.5 Å². The van der Waals surface area contributed by atoms with Crippen LogP contribution in [0.3, 0.4) is 0 Å². The van der Waals surface area contributed by atoms with Gasteiger partial charge in [0.05, 0.1) is 22.7 Å². The van der Waals surface area contributed by atoms with Gasteiger partial charge >= 0.3 is 0 Å². The largest absolute Gasteiger partial charge is 0.328 e. The van der Waals surface area contributed by atoms with Crippen LogP contribution in [-0.4, -0.2) is 35.7 Å². The van der Waals surface area contributed by atoms with Crippen molar-refractivity contribution in [2.75, 3.05) is 11.5 Å². The van der Waals surface area contributed by atoms with E-state index in [1.165, 1.54) is 0 Å². The van der Waals surface area contributed by atoms with Crippen LogP contribution in [0.4, 0.5) is 0 Å². The highest BCUT2D eigenvalue weighted by atomic mass is 32.2. The Morgan fingerprint density at radius 1 is 1.47 bits per heavy atom. The van der Waals surface area contributed by atoms with Crippen LogP contribution in [-0.2, 0) is 21.8 Å². The molecule has 1 aromatic heterocycles. The first-order chi connectivity index (χ1) is 8.65. The molecule has 19 heavy (non-hydrogen) atoms. The van der Waals surface area contributed by atoms with Crippen LogP contribution >= 0.6 is 0 Å². The van der Waals surface area contributed by atoms with E-state index < -0.39 is 15.4 Å². The molecular formula is C13H23N3O2S. The van der Waals surface area contributed by atoms with Crippen LogP contribution in [0.5, 0.6) is 0 Å². The number of hydrogen-bond donors (Lipinski definition) is 1. The molecule has 0 saturated carbocycles. The number of aromatic nitrogens is 2. The van der Waals surface area contributed by atoms with Crippen LogP contribution in [0, 0.1) is 13.8 Å². The van der Waals surface area contributed by atoms with Gasteiger partial charge in [-0.25, -0.2) is 8.42 Å². The Hall–Kier alpha value is -0.880. The molecule has 1 fully saturated rings. The molecule has 5 nitrogen and oxygen atoms in total. The third-order valence-electron chi connectivity index (χ3n) is 3.96. The van der Waals surface area contributed by atoms with Crippen molar-refractivity contribution in [3.63, 3.8) is 0 Å². The van der Waals surface area contributed by atoms with Gasteiger partial charge in [0, 0.05) is 11.7 Å². The lowest BCUT2D eigenvalue weighted by Crippen LogP contribution is -2.33. The molecule has 0 amide bonds. The fourth-order valence-corrected chi connectivity index (χ4v) is 5.09. The third-order valence-corrected chi connectivity index (χ3v) is 5.85. The van der Waals surface area contributed by atoms with Gasteiger partial charge in [-0.2, -0.15) is 5.10 Å². The van der Waals surface area contributed by atoms with Crippen LogP contribution in [0.2, 0.25) is 0 Å². The SMILES string of the molecule is Cc1nn(C2(C)CCS(=O)(=O)C2)c(C)c1CC(C)N. The molecule has 2 unspecified atom stereocenters. The summed E-state index contributed by atoms with van der Waals surface area (Å²) in [5.41, 5.74) is 8.62. The van der Waals surface area contributed by atoms with Crippen LogP contribution in [0.1, 0.15) is 37.2 Å². The average Bonchev–Trinajstić information content (AvgIpc) is 2.70. The van der Waals surface area contributed by atoms with Gasteiger partial charge < -0.3 is 5.73 Å². The summed E-state index contributed by atoms with van der Waals surface area (Å²) in [5.74, 6) is 0.435. The lowest BCUT2D eigenvalue weighted by molar-refractivity contribution is 0.320. The average molecular weight is 285 g/mol. The second-order valence-electron chi connectivity index (χ2n) is 6.08. The zero-order valence-corrected chi connectivity index (χ0v) is 12.9. The number of aryl methyl sites for hydroxylation is 1. The van der Waals surface area contributed by atoms with Crippen molar-refractivity contribution in [2.24, 2.45) is 5.73 Å². The minimum atomic E-state index is -2.93. The number of hydrogen-bond acceptors (Lipinski definition) is 4. The first kappa shape index (κ1) is 14.5. The molecule has 1 aliphatic heterocycles. The summed E-state index contributed by atoms with van der Waals surface area (Å²) in [7, 11) is -2.93. The molecule has 2 N–H and O–H groups in total. The summed E-state index contributed by atoms with van der Waals surface area (Å²) in [5, 5.41) is 4.58. The molecule has 6 heteroatoms. The van der Waals surface area contributed by atoms with E-state index in [1.807, 2.05) is 32.4 Å². The Kier molecular flexibility index (Phi) is 3.51. The molecular weight excluding hydrogens is 262 g/mol. The van der Waals surface area contributed by atoms with E-state index in [2.05, 4.69) is 5.10 Å². The Labute approximate surface area is 115 Å². The molecule has 0 bridgehead atoms. The molecule has 2 rings (SSSR count). The minimum absolute atomic E-state index is 0.0789. The number of nitrogens with zero attached hydrogens (tertiary/aromatic N) is 2. The molecule has 0 spiro atoms. The van der Waals surface area contributed by atoms with E-state index in [4.69, 9.17) is 5.73 Å². The second-order valence-corrected chi connectivity index (χ2v) is 8.27. The van der Waals surface area contributed by atoms with Crippen molar-refractivity contribution in [2.45, 2.75) is 52.1 Å². The maximum atomic E-state index is 11.7. The van der Waals surface area contributed by atoms with E-state index in [1.54, 1.807) is 0 Å². The molecule has 2 atom stereocenters. The normalized spacial score (nSPS) is 27.6. The van der Waals surface area contributed by atoms with E-state index in [0.29, 0.717) is 6.42 Å². The van der Waals surface area contributed by atoms with Gasteiger partial charge in [0.2, 0.25) is 0 Å². The zero-order chi connectivity index (χ0) is 14.4. The van der Waals surface area contributed by atoms with Crippen molar-refractivity contribution >= 4 is 9.84 Å². The maximum Gasteiger partial charge on any atom is 0.152 e. The molecule has 0 aliphatic carbocycles. The molecule has 2 heterocycles. The smallest absolute Gasteiger partial charge is 0.152 e. The Morgan fingerprint density at radius 3 is 2.58 bits per heavy atom. The van der Waals surface area contributed by atoms with E-state index in [9.17, 15) is 8.42 Å². The van der Waals surface area contributed by atoms with Crippen LogP contribution < -0.4 is 5.73 Å². The van der Waals surface area contributed by atoms with Gasteiger partial charge in [0.15, 0.2) is 9.84 Å². The fourth-order valence-electron chi connectivity index (χ4n) is 2.98. The summed E-state index contributed by atoms with van der Waals surface area (Å²) >= 11 is 0. The number of sulfone groups is 1. The summed E-state index contributed by atoms with van der Waals surface area (Å²) in [6.07, 6.45) is 1.41. The fraction of sp³-hybridized carbons (Fsp3) is 0.769. The molecule has 108 valence electrons. The van der Waals surface area contributed by atoms with Crippen molar-refractivity contribution < 1.29 is 8.42 Å². The highest BCUT2D eigenvalue weighted by Crippen LogP contribution is 2.32. The zero-order valence-electron chi connectivity index (χ0n) is 12.1. The molecule has 1 saturated heterocycles. The summed E-state index contributed by atoms with van der Waals surface area (Å²) in [6.45, 7) is 7.92. The molecule has 0 radical (unpaired) electrons. The maximum absolute atomic E-state index is 11.7. The van der Waals surface area contributed by atoms with Crippen molar-refractivity contribution in [3.8, 4) is 0 Å². The minimum Gasteiger partial charge on any atom is -0.328 e. The van der Waals surface area contributed by atoms with Crippen molar-refractivity contribution in [1.29, 1.82) is 0 Å². The van der Waals surface area contributed by atoms with Gasteiger partial charge in [-0.1, -0.05) is 0 Å². The number of rotatable bonds is 3. The molecule has 0 aromatic carbocycles. The predicted molar refractivity (Wildman–Crippen MR) is 76.0 cm³/mol. The lowest BCUT2D eigenvalue weighted by atomic mass is 10.0. The summed E-state index contributed by atoms with van der Waals surface area (Å²) in [6, 6.07) is 0.0789. The van der Waals surface area contributed by atoms with Crippen molar-refractivity contribution in [3.05, 3.63) is 17.0 Å². The Morgan fingerprint density at radius 2 is 2.11 bits per heavy atom. The van der Waals surface area contributed by atoms with Gasteiger partial charge in [0.1, 0.15) is 0 Å². The topological polar surface area (TPSA) is 78.0 Å². The first-order valence-corrected chi connectivity index (χ1v) is 8.48. The quantitative estimate of drug-likeness (QED) is 0.896. The van der Waals surface area contributed by atoms with Gasteiger partial charge in [-0.3, -0.25) is 4.68 Å². The first-order valence-electron chi connectivity index (χ1n) is 6.66. The van der Waals surface area contributed by atoms with E-state index in [0.717, 1.165) is 23.4 Å². The lowest BCUT2D eigenvalue weighted by Gasteiger charge is -2.25. The summed E-state index contributed by atoms with van der Waals surface area (Å²) < 4.78 is 25.4. The van der Waals surface area contributed by atoms with E-state index >= 15 is 0 Å². The van der Waals surface area contributed by atoms with Crippen LogP contribution in [0.15, 0.2) is 0 Å². The van der Waals surface area contributed by atoms with Gasteiger partial charge in [-0.05, 0) is 46.1 Å². The Bertz CT molecular complexity index is 589. The third kappa shape index (κ3) is 2.69. The monoisotopic (exact) mass is 285 g/mol. The molecule has 1 aliphatic rings. The standard InChI is InChI=1S/C13H23N3O2S/c1-9(14)7-12-10(2)15-16(11(12)3)13(4)5-6-19(17,18)8-13/h9H,5-8,14H2,1-4H3. The second kappa shape index (κ2) is 4.59. The number of nitrogens with two attached hydrogens (primary N) is 1. The van der Waals surface area contributed by atoms with Gasteiger partial charge in [-0.15, -0.1) is 0 Å². The van der Waals surface area contributed by atoms with Crippen molar-refractivity contribution in [1.82, 2.24) is 9.78 Å². The molecule has 1 aromatic rings. The van der Waals surface area contributed by atoms with Crippen LogP contribution in [0.25, 0.3) is 0 Å². The summed E-state index contributed by atoms with van der Waals surface area (Å²) in [4.78, 5) is 0. The van der Waals surface area contributed by atoms with Gasteiger partial charge in [0.25, 0.3) is 0 Å². The Balaban J connectivity index is 2.42. The predicted octanol–water partition coefficient (Wildman–Crippen LogP) is 0.923.